The van der Waals surface area contributed by atoms with Gasteiger partial charge in [-0.1, -0.05) is 54.8 Å². The highest BCUT2D eigenvalue weighted by Gasteiger charge is 2.00. The minimum absolute atomic E-state index is 1.06. The molecule has 0 fully saturated rings. The second-order valence-electron chi connectivity index (χ2n) is 3.35. The summed E-state index contributed by atoms with van der Waals surface area (Å²) in [6.07, 6.45) is 12.8. The molecule has 0 atom stereocenters. The van der Waals surface area contributed by atoms with E-state index in [9.17, 15) is 0 Å². The van der Waals surface area contributed by atoms with Gasteiger partial charge in [-0.2, -0.15) is 0 Å². The summed E-state index contributed by atoms with van der Waals surface area (Å²) in [4.78, 5) is 2.47. The number of hydrogen-bond donors (Lipinski definition) is 0. The molecule has 0 aromatic carbocycles. The van der Waals surface area contributed by atoms with Crippen molar-refractivity contribution in [3.05, 3.63) is 58.9 Å². The predicted molar refractivity (Wildman–Crippen MR) is 67.1 cm³/mol. The van der Waals surface area contributed by atoms with Crippen molar-refractivity contribution in [3.63, 3.8) is 0 Å². The maximum atomic E-state index is 3.99. The van der Waals surface area contributed by atoms with Crippen LogP contribution in [0.3, 0.4) is 0 Å². The Hall–Kier alpha value is -0.950. The van der Waals surface area contributed by atoms with E-state index in [0.29, 0.717) is 0 Å². The number of thioether (sulfide) groups is 1. The third-order valence-electron chi connectivity index (χ3n) is 1.79. The van der Waals surface area contributed by atoms with E-state index in [2.05, 4.69) is 31.4 Å². The fraction of sp³-hybridized carbons (Fsp3) is 0.231. The van der Waals surface area contributed by atoms with Gasteiger partial charge in [0.25, 0.3) is 0 Å². The molecular formula is C13H16S. The lowest BCUT2D eigenvalue weighted by atomic mass is 10.2. The van der Waals surface area contributed by atoms with Gasteiger partial charge in [0.2, 0.25) is 0 Å². The topological polar surface area (TPSA) is 0 Å². The van der Waals surface area contributed by atoms with E-state index in [1.165, 1.54) is 4.91 Å². The molecule has 0 radical (unpaired) electrons. The largest absolute Gasteiger partial charge is 0.0961 e. The quantitative estimate of drug-likeness (QED) is 0.603. The fourth-order valence-corrected chi connectivity index (χ4v) is 1.94. The van der Waals surface area contributed by atoms with Crippen molar-refractivity contribution < 1.29 is 0 Å². The van der Waals surface area contributed by atoms with E-state index in [1.807, 2.05) is 19.1 Å². The Morgan fingerprint density at radius 3 is 2.79 bits per heavy atom. The van der Waals surface area contributed by atoms with Crippen LogP contribution in [0.15, 0.2) is 58.9 Å². The van der Waals surface area contributed by atoms with Crippen molar-refractivity contribution in [2.75, 3.05) is 0 Å². The van der Waals surface area contributed by atoms with Crippen molar-refractivity contribution in [2.45, 2.75) is 19.8 Å². The van der Waals surface area contributed by atoms with Gasteiger partial charge >= 0.3 is 0 Å². The zero-order valence-electron chi connectivity index (χ0n) is 8.62. The van der Waals surface area contributed by atoms with Gasteiger partial charge in [-0.25, -0.2) is 0 Å². The lowest BCUT2D eigenvalue weighted by Gasteiger charge is -2.07. The highest BCUT2D eigenvalue weighted by Crippen LogP contribution is 2.30. The predicted octanol–water partition coefficient (Wildman–Crippen LogP) is 4.60. The Bertz CT molecular complexity index is 316. The van der Waals surface area contributed by atoms with Gasteiger partial charge in [-0.05, 0) is 30.7 Å². The molecule has 0 nitrogen and oxygen atoms in total. The number of rotatable bonds is 4. The maximum Gasteiger partial charge on any atom is 0.00468 e. The first-order valence-corrected chi connectivity index (χ1v) is 5.56. The molecule has 0 aromatic rings. The van der Waals surface area contributed by atoms with Crippen LogP contribution in [-0.2, 0) is 0 Å². The van der Waals surface area contributed by atoms with Crippen LogP contribution >= 0.6 is 11.8 Å². The van der Waals surface area contributed by atoms with Crippen LogP contribution in [0.25, 0.3) is 0 Å². The highest BCUT2D eigenvalue weighted by atomic mass is 32.2. The standard InChI is InChI=1S/C13H16S/c1-11(2)9-10-12(3)14-13-7-5-4-6-8-13/h4-5,7,9-10H,1,3,6,8H2,2H3/b10-9-. The van der Waals surface area contributed by atoms with E-state index >= 15 is 0 Å². The summed E-state index contributed by atoms with van der Waals surface area (Å²) in [6, 6.07) is 0. The molecule has 0 aromatic heterocycles. The SMILES string of the molecule is C=C(C)/C=C\C(=C)SC1=CC=CCC1. The molecule has 0 heterocycles. The first-order chi connectivity index (χ1) is 6.68. The van der Waals surface area contributed by atoms with Gasteiger partial charge in [0.05, 0.1) is 0 Å². The molecule has 74 valence electrons. The molecule has 0 N–H and O–H groups in total. The summed E-state index contributed by atoms with van der Waals surface area (Å²) in [5.74, 6) is 0. The molecule has 0 bridgehead atoms. The van der Waals surface area contributed by atoms with Crippen LogP contribution < -0.4 is 0 Å². The molecule has 1 aliphatic carbocycles. The van der Waals surface area contributed by atoms with Gasteiger partial charge in [-0.3, -0.25) is 0 Å². The average molecular weight is 204 g/mol. The second-order valence-corrected chi connectivity index (χ2v) is 4.60. The normalized spacial score (nSPS) is 15.6. The smallest absolute Gasteiger partial charge is 0.00468 e. The maximum absolute atomic E-state index is 3.99. The van der Waals surface area contributed by atoms with E-state index in [-0.39, 0.29) is 0 Å². The minimum Gasteiger partial charge on any atom is -0.0961 e. The van der Waals surface area contributed by atoms with Crippen LogP contribution in [0.1, 0.15) is 19.8 Å². The summed E-state index contributed by atoms with van der Waals surface area (Å²) >= 11 is 1.75. The molecule has 0 aliphatic heterocycles. The Balaban J connectivity index is 2.44. The van der Waals surface area contributed by atoms with Crippen LogP contribution in [-0.4, -0.2) is 0 Å². The molecule has 0 saturated carbocycles. The Morgan fingerprint density at radius 2 is 2.21 bits per heavy atom. The van der Waals surface area contributed by atoms with Crippen molar-refractivity contribution in [1.29, 1.82) is 0 Å². The summed E-state index contributed by atoms with van der Waals surface area (Å²) in [5, 5.41) is 0. The van der Waals surface area contributed by atoms with Gasteiger partial charge in [0, 0.05) is 4.91 Å². The summed E-state index contributed by atoms with van der Waals surface area (Å²) in [5.41, 5.74) is 1.06. The molecule has 0 spiro atoms. The van der Waals surface area contributed by atoms with E-state index in [0.717, 1.165) is 23.3 Å². The first-order valence-electron chi connectivity index (χ1n) is 4.74. The molecule has 0 saturated heterocycles. The lowest BCUT2D eigenvalue weighted by Crippen LogP contribution is -1.82. The fourth-order valence-electron chi connectivity index (χ4n) is 1.10. The molecule has 0 amide bonds. The summed E-state index contributed by atoms with van der Waals surface area (Å²) in [6.45, 7) is 9.79. The highest BCUT2D eigenvalue weighted by molar-refractivity contribution is 8.06. The Morgan fingerprint density at radius 1 is 1.43 bits per heavy atom. The van der Waals surface area contributed by atoms with Crippen molar-refractivity contribution in [3.8, 4) is 0 Å². The molecule has 1 rings (SSSR count). The third-order valence-corrected chi connectivity index (χ3v) is 2.79. The Kier molecular flexibility index (Phi) is 4.54. The van der Waals surface area contributed by atoms with E-state index in [4.69, 9.17) is 0 Å². The number of allylic oxidation sites excluding steroid dienone is 7. The van der Waals surface area contributed by atoms with Crippen molar-refractivity contribution in [2.24, 2.45) is 0 Å². The molecule has 1 heteroatoms. The Labute approximate surface area is 90.8 Å². The van der Waals surface area contributed by atoms with Gasteiger partial charge in [0.15, 0.2) is 0 Å². The van der Waals surface area contributed by atoms with Gasteiger partial charge in [-0.15, -0.1) is 0 Å². The molecule has 1 aliphatic rings. The molecule has 14 heavy (non-hydrogen) atoms. The van der Waals surface area contributed by atoms with E-state index in [1.54, 1.807) is 11.8 Å². The van der Waals surface area contributed by atoms with Crippen LogP contribution in [0, 0.1) is 0 Å². The van der Waals surface area contributed by atoms with Crippen LogP contribution in [0.2, 0.25) is 0 Å². The van der Waals surface area contributed by atoms with Gasteiger partial charge in [0.1, 0.15) is 0 Å². The zero-order chi connectivity index (χ0) is 10.4. The van der Waals surface area contributed by atoms with Crippen LogP contribution in [0.5, 0.6) is 0 Å². The monoisotopic (exact) mass is 204 g/mol. The lowest BCUT2D eigenvalue weighted by molar-refractivity contribution is 1.02. The minimum atomic E-state index is 1.06. The molecule has 0 unspecified atom stereocenters. The number of hydrogen-bond acceptors (Lipinski definition) is 1. The zero-order valence-corrected chi connectivity index (χ0v) is 9.44. The van der Waals surface area contributed by atoms with Crippen LogP contribution in [0.4, 0.5) is 0 Å². The van der Waals surface area contributed by atoms with Crippen molar-refractivity contribution in [1.82, 2.24) is 0 Å². The molecular weight excluding hydrogens is 188 g/mol. The summed E-state index contributed by atoms with van der Waals surface area (Å²) < 4.78 is 0. The first kappa shape index (κ1) is 11.1. The summed E-state index contributed by atoms with van der Waals surface area (Å²) in [7, 11) is 0. The third kappa shape index (κ3) is 4.33. The van der Waals surface area contributed by atoms with Crippen molar-refractivity contribution >= 4 is 11.8 Å². The van der Waals surface area contributed by atoms with E-state index < -0.39 is 0 Å². The average Bonchev–Trinajstić information content (AvgIpc) is 2.16. The second kappa shape index (κ2) is 5.71. The van der Waals surface area contributed by atoms with Gasteiger partial charge < -0.3 is 0 Å².